The van der Waals surface area contributed by atoms with Crippen molar-refractivity contribution < 1.29 is 18.0 Å². The van der Waals surface area contributed by atoms with Gasteiger partial charge in [0.15, 0.2) is 5.78 Å². The van der Waals surface area contributed by atoms with Crippen molar-refractivity contribution in [2.24, 2.45) is 0 Å². The number of nitrogens with zero attached hydrogens (tertiary/aromatic N) is 3. The van der Waals surface area contributed by atoms with Crippen LogP contribution in [0.4, 0.5) is 19.0 Å². The number of rotatable bonds is 4. The number of nitrogens with two attached hydrogens (primary N) is 1. The van der Waals surface area contributed by atoms with Crippen molar-refractivity contribution in [1.82, 2.24) is 19.7 Å². The molecular weight excluding hydrogens is 479 g/mol. The minimum Gasteiger partial charge on any atom is -0.383 e. The lowest BCUT2D eigenvalue weighted by molar-refractivity contribution is -0.137. The molecule has 0 aliphatic heterocycles. The zero-order chi connectivity index (χ0) is 25.9. The van der Waals surface area contributed by atoms with Gasteiger partial charge in [0.1, 0.15) is 11.6 Å². The highest BCUT2D eigenvalue weighted by Gasteiger charge is 2.30. The van der Waals surface area contributed by atoms with Crippen molar-refractivity contribution in [3.63, 3.8) is 0 Å². The number of ketones is 1. The lowest BCUT2D eigenvalue weighted by atomic mass is 9.98. The van der Waals surface area contributed by atoms with E-state index >= 15 is 0 Å². The second kappa shape index (κ2) is 8.19. The molecule has 9 heteroatoms. The first-order valence-corrected chi connectivity index (χ1v) is 11.5. The van der Waals surface area contributed by atoms with Gasteiger partial charge >= 0.3 is 6.18 Å². The van der Waals surface area contributed by atoms with E-state index < -0.39 is 11.7 Å². The summed E-state index contributed by atoms with van der Waals surface area (Å²) in [4.78, 5) is 20.9. The number of hydrogen-bond donors (Lipinski definition) is 2. The van der Waals surface area contributed by atoms with Crippen LogP contribution in [0.1, 0.15) is 32.9 Å². The Labute approximate surface area is 209 Å². The Morgan fingerprint density at radius 1 is 1.03 bits per heavy atom. The molecule has 0 fully saturated rings. The molecule has 0 amide bonds. The normalized spacial score (nSPS) is 13.1. The molecule has 0 spiro atoms. The number of aromatic nitrogens is 4. The van der Waals surface area contributed by atoms with Crippen LogP contribution in [-0.4, -0.2) is 25.5 Å². The van der Waals surface area contributed by atoms with Crippen LogP contribution in [0.15, 0.2) is 72.4 Å². The van der Waals surface area contributed by atoms with Gasteiger partial charge in [-0.3, -0.25) is 4.79 Å². The number of hydrogen-bond acceptors (Lipinski definition) is 4. The van der Waals surface area contributed by atoms with E-state index in [0.717, 1.165) is 45.7 Å². The molecule has 0 radical (unpaired) electrons. The highest BCUT2D eigenvalue weighted by Crippen LogP contribution is 2.34. The van der Waals surface area contributed by atoms with Gasteiger partial charge in [-0.05, 0) is 65.6 Å². The van der Waals surface area contributed by atoms with Crippen LogP contribution in [0.3, 0.4) is 0 Å². The van der Waals surface area contributed by atoms with Gasteiger partial charge in [0.25, 0.3) is 0 Å². The number of aryl methyl sites for hydroxylation is 1. The molecular formula is C28H20F3N5O. The van der Waals surface area contributed by atoms with E-state index in [1.807, 2.05) is 49.4 Å². The van der Waals surface area contributed by atoms with E-state index in [4.69, 9.17) is 5.73 Å². The molecule has 0 saturated carbocycles. The van der Waals surface area contributed by atoms with Gasteiger partial charge in [0, 0.05) is 12.0 Å². The van der Waals surface area contributed by atoms with Crippen LogP contribution in [0, 0.1) is 6.92 Å². The molecule has 6 rings (SSSR count). The fourth-order valence-electron chi connectivity index (χ4n) is 4.69. The second-order valence-electron chi connectivity index (χ2n) is 9.04. The van der Waals surface area contributed by atoms with Gasteiger partial charge in [-0.25, -0.2) is 9.67 Å². The molecule has 6 nitrogen and oxygen atoms in total. The largest absolute Gasteiger partial charge is 0.416 e. The van der Waals surface area contributed by atoms with Crippen LogP contribution in [0.25, 0.3) is 33.9 Å². The highest BCUT2D eigenvalue weighted by molar-refractivity contribution is 6.15. The summed E-state index contributed by atoms with van der Waals surface area (Å²) >= 11 is 0. The maximum absolute atomic E-state index is 13.4. The number of carbonyl (C=O) groups excluding carboxylic acids is 1. The van der Waals surface area contributed by atoms with E-state index in [9.17, 15) is 18.0 Å². The first kappa shape index (κ1) is 22.8. The van der Waals surface area contributed by atoms with Gasteiger partial charge in [0.2, 0.25) is 0 Å². The van der Waals surface area contributed by atoms with Crippen LogP contribution < -0.4 is 5.73 Å². The molecule has 2 heterocycles. The zero-order valence-corrected chi connectivity index (χ0v) is 19.6. The summed E-state index contributed by atoms with van der Waals surface area (Å²) in [5.41, 5.74) is 12.2. The summed E-state index contributed by atoms with van der Waals surface area (Å²) < 4.78 is 40.2. The van der Waals surface area contributed by atoms with E-state index in [1.165, 1.54) is 23.0 Å². The van der Waals surface area contributed by atoms with Crippen molar-refractivity contribution in [3.8, 4) is 16.8 Å². The predicted octanol–water partition coefficient (Wildman–Crippen LogP) is 6.15. The van der Waals surface area contributed by atoms with E-state index in [1.54, 1.807) is 0 Å². The van der Waals surface area contributed by atoms with Gasteiger partial charge in [-0.2, -0.15) is 18.3 Å². The molecule has 0 saturated heterocycles. The third-order valence-corrected chi connectivity index (χ3v) is 6.57. The summed E-state index contributed by atoms with van der Waals surface area (Å²) in [7, 11) is 0. The third kappa shape index (κ3) is 3.98. The Kier molecular flexibility index (Phi) is 5.04. The van der Waals surface area contributed by atoms with Crippen LogP contribution in [0.2, 0.25) is 0 Å². The molecule has 37 heavy (non-hydrogen) atoms. The molecule has 0 bridgehead atoms. The number of benzene rings is 3. The van der Waals surface area contributed by atoms with Crippen molar-refractivity contribution >= 4 is 28.7 Å². The van der Waals surface area contributed by atoms with Gasteiger partial charge in [-0.15, -0.1) is 0 Å². The third-order valence-electron chi connectivity index (χ3n) is 6.57. The Balaban J connectivity index is 1.24. The summed E-state index contributed by atoms with van der Waals surface area (Å²) in [5.74, 6) is 0.822. The fraction of sp³-hybridized carbons (Fsp3) is 0.107. The quantitative estimate of drug-likeness (QED) is 0.290. The number of halogens is 3. The lowest BCUT2D eigenvalue weighted by Gasteiger charge is -2.09. The number of nitrogens with one attached hydrogen (secondary N) is 1. The average molecular weight is 499 g/mol. The van der Waals surface area contributed by atoms with Gasteiger partial charge in [0.05, 0.1) is 34.0 Å². The zero-order valence-electron chi connectivity index (χ0n) is 19.6. The number of allylic oxidation sites excluding steroid dienone is 1. The van der Waals surface area contributed by atoms with Gasteiger partial charge in [-0.1, -0.05) is 30.3 Å². The lowest BCUT2D eigenvalue weighted by Crippen LogP contribution is -2.08. The summed E-state index contributed by atoms with van der Waals surface area (Å²) in [6.45, 7) is 1.87. The number of carbonyl (C=O) groups is 1. The summed E-state index contributed by atoms with van der Waals surface area (Å²) in [6.07, 6.45) is -0.690. The van der Waals surface area contributed by atoms with Crippen molar-refractivity contribution in [1.29, 1.82) is 0 Å². The Morgan fingerprint density at radius 2 is 1.78 bits per heavy atom. The maximum atomic E-state index is 13.4. The SMILES string of the molecule is Cc1nc2ccc(-n3ncc(C(=O)C4=Cc5ccc(-c6ccc(C(F)(F)F)cc6)cc5C4)c3N)cc2[nH]1. The van der Waals surface area contributed by atoms with Crippen LogP contribution >= 0.6 is 0 Å². The molecule has 2 aromatic heterocycles. The first-order chi connectivity index (χ1) is 17.7. The number of aromatic amines is 1. The highest BCUT2D eigenvalue weighted by atomic mass is 19.4. The summed E-state index contributed by atoms with van der Waals surface area (Å²) in [6, 6.07) is 16.2. The molecule has 3 aromatic carbocycles. The summed E-state index contributed by atoms with van der Waals surface area (Å²) in [5, 5.41) is 4.35. The molecule has 3 N–H and O–H groups in total. The number of alkyl halides is 3. The topological polar surface area (TPSA) is 89.6 Å². The molecule has 0 unspecified atom stereocenters. The smallest absolute Gasteiger partial charge is 0.383 e. The minimum atomic E-state index is -4.38. The molecule has 5 aromatic rings. The molecule has 1 aliphatic carbocycles. The van der Waals surface area contributed by atoms with Crippen LogP contribution in [-0.2, 0) is 12.6 Å². The number of anilines is 1. The van der Waals surface area contributed by atoms with E-state index in [-0.39, 0.29) is 11.6 Å². The van der Waals surface area contributed by atoms with E-state index in [2.05, 4.69) is 15.1 Å². The fourth-order valence-corrected chi connectivity index (χ4v) is 4.69. The predicted molar refractivity (Wildman–Crippen MR) is 135 cm³/mol. The average Bonchev–Trinajstić information content (AvgIpc) is 3.57. The van der Waals surface area contributed by atoms with Crippen molar-refractivity contribution in [2.75, 3.05) is 5.73 Å². The molecule has 0 atom stereocenters. The Hall–Kier alpha value is -4.66. The number of Topliss-reactive ketones (excluding diaryl/α,β-unsaturated/α-hetero) is 1. The van der Waals surface area contributed by atoms with Crippen LogP contribution in [0.5, 0.6) is 0 Å². The second-order valence-corrected chi connectivity index (χ2v) is 9.04. The maximum Gasteiger partial charge on any atom is 0.416 e. The van der Waals surface area contributed by atoms with Gasteiger partial charge < -0.3 is 10.7 Å². The monoisotopic (exact) mass is 499 g/mol. The standard InChI is InChI=1S/C28H20F3N5O/c1-15-34-24-9-8-22(13-25(24)35-15)36-27(32)23(14-33-36)26(37)20-11-18-3-2-17(10-19(18)12-20)16-4-6-21(7-5-16)28(29,30)31/h2-11,13-14H,12,32H2,1H3,(H,34,35). The minimum absolute atomic E-state index is 0.213. The number of fused-ring (bicyclic) bond motifs is 2. The number of nitrogen functional groups attached to an aromatic ring is 1. The molecule has 184 valence electrons. The first-order valence-electron chi connectivity index (χ1n) is 11.5. The molecule has 1 aliphatic rings. The Bertz CT molecular complexity index is 1730. The Morgan fingerprint density at radius 3 is 2.54 bits per heavy atom. The number of H-pyrrole nitrogens is 1. The van der Waals surface area contributed by atoms with E-state index in [0.29, 0.717) is 28.8 Å². The van der Waals surface area contributed by atoms with Crippen molar-refractivity contribution in [3.05, 3.63) is 101 Å². The number of imidazole rings is 1. The van der Waals surface area contributed by atoms with Crippen molar-refractivity contribution in [2.45, 2.75) is 19.5 Å².